The molecule has 0 radical (unpaired) electrons. The molecule has 0 saturated carbocycles. The molecular formula is C15H14ClFN4O3S. The van der Waals surface area contributed by atoms with Crippen molar-refractivity contribution in [2.24, 2.45) is 0 Å². The van der Waals surface area contributed by atoms with Crippen molar-refractivity contribution < 1.29 is 18.8 Å². The molecule has 2 fully saturated rings. The lowest BCUT2D eigenvalue weighted by Crippen LogP contribution is -2.71. The summed E-state index contributed by atoms with van der Waals surface area (Å²) in [7, 11) is 0. The zero-order valence-electron chi connectivity index (χ0n) is 13.3. The van der Waals surface area contributed by atoms with Gasteiger partial charge in [0, 0.05) is 5.69 Å². The maximum absolute atomic E-state index is 13.2. The molecule has 0 aliphatic carbocycles. The molecule has 7 nitrogen and oxygen atoms in total. The first-order chi connectivity index (χ1) is 11.6. The van der Waals surface area contributed by atoms with Gasteiger partial charge in [-0.2, -0.15) is 5.01 Å². The van der Waals surface area contributed by atoms with Crippen LogP contribution in [0.3, 0.4) is 0 Å². The van der Waals surface area contributed by atoms with E-state index in [2.05, 4.69) is 10.6 Å². The molecule has 2 saturated heterocycles. The van der Waals surface area contributed by atoms with Gasteiger partial charge in [0.2, 0.25) is 17.7 Å². The topological polar surface area (TPSA) is 81.8 Å². The van der Waals surface area contributed by atoms with Gasteiger partial charge in [-0.3, -0.25) is 19.7 Å². The lowest BCUT2D eigenvalue weighted by Gasteiger charge is -2.45. The first kappa shape index (κ1) is 17.7. The highest BCUT2D eigenvalue weighted by Gasteiger charge is 2.56. The number of rotatable bonds is 2. The van der Waals surface area contributed by atoms with Gasteiger partial charge < -0.3 is 5.32 Å². The molecule has 1 aromatic rings. The van der Waals surface area contributed by atoms with Gasteiger partial charge in [0.05, 0.1) is 11.4 Å². The second kappa shape index (κ2) is 6.01. The first-order valence-corrected chi connectivity index (χ1v) is 8.15. The van der Waals surface area contributed by atoms with Gasteiger partial charge in [0.25, 0.3) is 0 Å². The van der Waals surface area contributed by atoms with E-state index in [0.717, 1.165) is 11.1 Å². The Kier molecular flexibility index (Phi) is 4.26. The largest absolute Gasteiger partial charge is 0.325 e. The highest BCUT2D eigenvalue weighted by molar-refractivity contribution is 7.80. The van der Waals surface area contributed by atoms with Gasteiger partial charge in [-0.05, 0) is 44.3 Å². The minimum absolute atomic E-state index is 0.0607. The summed E-state index contributed by atoms with van der Waals surface area (Å²) in [6.07, 6.45) is -0.140. The second-order valence-electron chi connectivity index (χ2n) is 6.21. The van der Waals surface area contributed by atoms with Crippen molar-refractivity contribution in [3.8, 4) is 0 Å². The zero-order valence-corrected chi connectivity index (χ0v) is 14.9. The number of hydrogen-bond acceptors (Lipinski definition) is 5. The number of carbonyl (C=O) groups excluding carboxylic acids is 3. The van der Waals surface area contributed by atoms with Crippen LogP contribution >= 0.6 is 23.8 Å². The van der Waals surface area contributed by atoms with Gasteiger partial charge in [-0.1, -0.05) is 11.6 Å². The van der Waals surface area contributed by atoms with Crippen LogP contribution in [0.5, 0.6) is 0 Å². The van der Waals surface area contributed by atoms with E-state index in [1.165, 1.54) is 17.1 Å². The predicted molar refractivity (Wildman–Crippen MR) is 91.9 cm³/mol. The van der Waals surface area contributed by atoms with E-state index in [0.29, 0.717) is 0 Å². The lowest BCUT2D eigenvalue weighted by atomic mass is 10.00. The summed E-state index contributed by atoms with van der Waals surface area (Å²) in [5.74, 6) is -1.94. The lowest BCUT2D eigenvalue weighted by molar-refractivity contribution is -0.154. The number of amides is 3. The van der Waals surface area contributed by atoms with E-state index in [-0.39, 0.29) is 22.2 Å². The molecule has 1 atom stereocenters. The van der Waals surface area contributed by atoms with Gasteiger partial charge in [-0.25, -0.2) is 9.40 Å². The highest BCUT2D eigenvalue weighted by Crippen LogP contribution is 2.33. The fourth-order valence-electron chi connectivity index (χ4n) is 2.86. The molecule has 132 valence electrons. The molecular weight excluding hydrogens is 371 g/mol. The van der Waals surface area contributed by atoms with Crippen LogP contribution < -0.4 is 10.6 Å². The van der Waals surface area contributed by atoms with Crippen molar-refractivity contribution in [1.29, 1.82) is 0 Å². The standard InChI is InChI=1S/C15H14ClFN4O3S/c1-15(2)13(24)19-14(25)20-11(22)6-10(21(15)20)12(23)18-7-3-4-9(17)8(16)5-7/h3-5,10H,6H2,1-2H3,(H,18,23)(H,19,24,25). The number of halogens is 2. The van der Waals surface area contributed by atoms with Gasteiger partial charge in [0.1, 0.15) is 17.4 Å². The molecule has 3 rings (SSSR count). The van der Waals surface area contributed by atoms with E-state index >= 15 is 0 Å². The third-order valence-electron chi connectivity index (χ3n) is 4.15. The average Bonchev–Trinajstić information content (AvgIpc) is 2.88. The smallest absolute Gasteiger partial charge is 0.248 e. The van der Waals surface area contributed by atoms with Crippen molar-refractivity contribution in [3.05, 3.63) is 29.0 Å². The third kappa shape index (κ3) is 2.88. The summed E-state index contributed by atoms with van der Waals surface area (Å²) >= 11 is 10.7. The van der Waals surface area contributed by atoms with E-state index in [4.69, 9.17) is 23.8 Å². The van der Waals surface area contributed by atoms with Crippen LogP contribution in [0, 0.1) is 5.82 Å². The fraction of sp³-hybridized carbons (Fsp3) is 0.333. The van der Waals surface area contributed by atoms with Crippen molar-refractivity contribution in [2.45, 2.75) is 31.8 Å². The molecule has 0 spiro atoms. The number of hydrogen-bond donors (Lipinski definition) is 2. The Morgan fingerprint density at radius 1 is 1.44 bits per heavy atom. The summed E-state index contributed by atoms with van der Waals surface area (Å²) in [4.78, 5) is 37.2. The van der Waals surface area contributed by atoms with E-state index < -0.39 is 35.1 Å². The van der Waals surface area contributed by atoms with Crippen LogP contribution in [-0.2, 0) is 14.4 Å². The van der Waals surface area contributed by atoms with E-state index in [1.807, 2.05) is 0 Å². The SMILES string of the molecule is CC1(C)C(=O)NC(=S)N2C(=O)CC(C(=O)Nc3ccc(F)c(Cl)c3)N21. The molecule has 10 heteroatoms. The van der Waals surface area contributed by atoms with Crippen molar-refractivity contribution >= 4 is 52.3 Å². The highest BCUT2D eigenvalue weighted by atomic mass is 35.5. The van der Waals surface area contributed by atoms with Crippen LogP contribution in [0.1, 0.15) is 20.3 Å². The van der Waals surface area contributed by atoms with Crippen LogP contribution in [0.25, 0.3) is 0 Å². The van der Waals surface area contributed by atoms with E-state index in [9.17, 15) is 18.8 Å². The third-order valence-corrected chi connectivity index (χ3v) is 4.71. The number of nitrogens with one attached hydrogen (secondary N) is 2. The molecule has 1 aromatic carbocycles. The minimum atomic E-state index is -1.16. The van der Waals surface area contributed by atoms with Gasteiger partial charge in [-0.15, -0.1) is 0 Å². The summed E-state index contributed by atoms with van der Waals surface area (Å²) in [5.41, 5.74) is -0.874. The summed E-state index contributed by atoms with van der Waals surface area (Å²) < 4.78 is 13.2. The Morgan fingerprint density at radius 3 is 2.76 bits per heavy atom. The molecule has 2 heterocycles. The average molecular weight is 385 g/mol. The normalized spacial score (nSPS) is 22.6. The Balaban J connectivity index is 1.89. The maximum atomic E-state index is 13.2. The number of benzene rings is 1. The monoisotopic (exact) mass is 384 g/mol. The maximum Gasteiger partial charge on any atom is 0.248 e. The quantitative estimate of drug-likeness (QED) is 0.754. The molecule has 25 heavy (non-hydrogen) atoms. The Bertz CT molecular complexity index is 816. The van der Waals surface area contributed by atoms with E-state index in [1.54, 1.807) is 13.8 Å². The number of anilines is 1. The van der Waals surface area contributed by atoms with Crippen molar-refractivity contribution in [2.75, 3.05) is 5.32 Å². The second-order valence-corrected chi connectivity index (χ2v) is 7.00. The van der Waals surface area contributed by atoms with Crippen molar-refractivity contribution in [3.63, 3.8) is 0 Å². The van der Waals surface area contributed by atoms with Crippen molar-refractivity contribution in [1.82, 2.24) is 15.3 Å². The molecule has 3 amide bonds. The zero-order chi connectivity index (χ0) is 18.5. The number of nitrogens with zero attached hydrogens (tertiary/aromatic N) is 2. The Labute approximate surface area is 153 Å². The predicted octanol–water partition coefficient (Wildman–Crippen LogP) is 1.43. The molecule has 1 unspecified atom stereocenters. The van der Waals surface area contributed by atoms with Gasteiger partial charge in [0.15, 0.2) is 5.11 Å². The van der Waals surface area contributed by atoms with Gasteiger partial charge >= 0.3 is 0 Å². The number of thiocarbonyl (C=S) groups is 1. The Hall–Kier alpha value is -2.10. The summed E-state index contributed by atoms with van der Waals surface area (Å²) in [6, 6.07) is 2.81. The molecule has 0 aromatic heterocycles. The van der Waals surface area contributed by atoms with Crippen LogP contribution in [-0.4, -0.2) is 44.4 Å². The summed E-state index contributed by atoms with van der Waals surface area (Å²) in [6.45, 7) is 3.18. The number of fused-ring (bicyclic) bond motifs is 1. The first-order valence-electron chi connectivity index (χ1n) is 7.36. The fourth-order valence-corrected chi connectivity index (χ4v) is 3.32. The molecule has 2 aliphatic rings. The van der Waals surface area contributed by atoms with Crippen LogP contribution in [0.15, 0.2) is 18.2 Å². The molecule has 2 N–H and O–H groups in total. The molecule has 0 bridgehead atoms. The minimum Gasteiger partial charge on any atom is -0.325 e. The Morgan fingerprint density at radius 2 is 2.12 bits per heavy atom. The summed E-state index contributed by atoms with van der Waals surface area (Å²) in [5, 5.41) is 7.36. The number of carbonyl (C=O) groups is 3. The van der Waals surface area contributed by atoms with Crippen LogP contribution in [0.4, 0.5) is 10.1 Å². The number of hydrazine groups is 1. The van der Waals surface area contributed by atoms with Crippen LogP contribution in [0.2, 0.25) is 5.02 Å². The molecule has 2 aliphatic heterocycles.